The van der Waals surface area contributed by atoms with Gasteiger partial charge >= 0.3 is 0 Å². The summed E-state index contributed by atoms with van der Waals surface area (Å²) in [4.78, 5) is 3.88. The third-order valence-corrected chi connectivity index (χ3v) is 2.52. The zero-order chi connectivity index (χ0) is 7.11. The average molecular weight is 166 g/mol. The van der Waals surface area contributed by atoms with Gasteiger partial charge in [-0.1, -0.05) is 28.2 Å². The van der Waals surface area contributed by atoms with Gasteiger partial charge in [-0.2, -0.15) is 0 Å². The van der Waals surface area contributed by atoms with E-state index in [2.05, 4.69) is 11.5 Å². The summed E-state index contributed by atoms with van der Waals surface area (Å²) in [6, 6.07) is 0. The SMILES string of the molecule is C=C(CCSSC)OO. The largest absolute Gasteiger partial charge is 0.345 e. The molecule has 4 heteroatoms. The van der Waals surface area contributed by atoms with E-state index in [9.17, 15) is 0 Å². The van der Waals surface area contributed by atoms with E-state index >= 15 is 0 Å². The van der Waals surface area contributed by atoms with Gasteiger partial charge in [0.25, 0.3) is 0 Å². The highest BCUT2D eigenvalue weighted by atomic mass is 33.1. The molecule has 0 spiro atoms. The summed E-state index contributed by atoms with van der Waals surface area (Å²) in [7, 11) is 3.41. The molecule has 0 aromatic heterocycles. The van der Waals surface area contributed by atoms with Gasteiger partial charge in [0.15, 0.2) is 0 Å². The van der Waals surface area contributed by atoms with Crippen LogP contribution in [0.4, 0.5) is 0 Å². The smallest absolute Gasteiger partial charge is 0.135 e. The first-order valence-electron chi connectivity index (χ1n) is 2.46. The molecule has 9 heavy (non-hydrogen) atoms. The van der Waals surface area contributed by atoms with Gasteiger partial charge < -0.3 is 4.89 Å². The van der Waals surface area contributed by atoms with Crippen molar-refractivity contribution in [3.05, 3.63) is 12.3 Å². The van der Waals surface area contributed by atoms with E-state index in [0.29, 0.717) is 12.2 Å². The first-order valence-corrected chi connectivity index (χ1v) is 5.18. The second-order valence-corrected chi connectivity index (χ2v) is 4.05. The van der Waals surface area contributed by atoms with Crippen LogP contribution in [0, 0.1) is 0 Å². The van der Waals surface area contributed by atoms with Gasteiger partial charge in [0.2, 0.25) is 0 Å². The molecule has 0 saturated heterocycles. The number of rotatable bonds is 5. The Bertz CT molecular complexity index is 85.0. The summed E-state index contributed by atoms with van der Waals surface area (Å²) in [6.07, 6.45) is 2.72. The molecule has 0 unspecified atom stereocenters. The lowest BCUT2D eigenvalue weighted by Gasteiger charge is -1.97. The fourth-order valence-corrected chi connectivity index (χ4v) is 1.51. The summed E-state index contributed by atoms with van der Waals surface area (Å²) >= 11 is 0. The Morgan fingerprint density at radius 1 is 1.78 bits per heavy atom. The van der Waals surface area contributed by atoms with Gasteiger partial charge in [-0.15, -0.1) is 0 Å². The molecular weight excluding hydrogens is 156 g/mol. The third kappa shape index (κ3) is 6.08. The first-order chi connectivity index (χ1) is 4.31. The highest BCUT2D eigenvalue weighted by molar-refractivity contribution is 8.76. The zero-order valence-electron chi connectivity index (χ0n) is 5.29. The average Bonchev–Trinajstić information content (AvgIpc) is 1.89. The molecule has 0 aromatic carbocycles. The molecule has 0 aliphatic heterocycles. The summed E-state index contributed by atoms with van der Waals surface area (Å²) in [6.45, 7) is 3.45. The Balaban J connectivity index is 2.97. The van der Waals surface area contributed by atoms with Gasteiger partial charge in [-0.3, -0.25) is 0 Å². The Morgan fingerprint density at radius 2 is 2.44 bits per heavy atom. The first kappa shape index (κ1) is 9.20. The molecule has 0 saturated carbocycles. The zero-order valence-corrected chi connectivity index (χ0v) is 6.93. The van der Waals surface area contributed by atoms with Gasteiger partial charge in [0.05, 0.1) is 0 Å². The molecule has 0 fully saturated rings. The lowest BCUT2D eigenvalue weighted by molar-refractivity contribution is -0.204. The maximum Gasteiger partial charge on any atom is 0.135 e. The van der Waals surface area contributed by atoms with E-state index in [1.165, 1.54) is 0 Å². The number of allylic oxidation sites excluding steroid dienone is 1. The van der Waals surface area contributed by atoms with Crippen molar-refractivity contribution in [2.24, 2.45) is 0 Å². The van der Waals surface area contributed by atoms with Gasteiger partial charge in [-0.05, 0) is 6.26 Å². The molecule has 0 aliphatic carbocycles. The molecule has 54 valence electrons. The van der Waals surface area contributed by atoms with Crippen molar-refractivity contribution in [3.63, 3.8) is 0 Å². The maximum atomic E-state index is 8.02. The summed E-state index contributed by atoms with van der Waals surface area (Å²) in [5.74, 6) is 1.36. The summed E-state index contributed by atoms with van der Waals surface area (Å²) in [5.41, 5.74) is 0. The molecule has 0 atom stereocenters. The van der Waals surface area contributed by atoms with E-state index in [0.717, 1.165) is 5.75 Å². The Labute approximate surface area is 63.0 Å². The Hall–Kier alpha value is 0.200. The monoisotopic (exact) mass is 166 g/mol. The van der Waals surface area contributed by atoms with Gasteiger partial charge in [0.1, 0.15) is 5.76 Å². The number of hydrogen-bond donors (Lipinski definition) is 1. The predicted molar refractivity (Wildman–Crippen MR) is 43.4 cm³/mol. The molecule has 0 rings (SSSR count). The molecule has 0 aromatic rings. The topological polar surface area (TPSA) is 29.5 Å². The van der Waals surface area contributed by atoms with Crippen LogP contribution in [-0.2, 0) is 4.89 Å². The van der Waals surface area contributed by atoms with Crippen molar-refractivity contribution < 1.29 is 10.1 Å². The molecule has 0 radical (unpaired) electrons. The minimum Gasteiger partial charge on any atom is -0.345 e. The van der Waals surface area contributed by atoms with E-state index in [4.69, 9.17) is 5.26 Å². The standard InChI is InChI=1S/C5H10O2S2/c1-5(7-6)3-4-9-8-2/h6H,1,3-4H2,2H3. The second kappa shape index (κ2) is 6.32. The lowest BCUT2D eigenvalue weighted by atomic mass is 10.4. The molecule has 0 bridgehead atoms. The minimum absolute atomic E-state index is 0.427. The quantitative estimate of drug-likeness (QED) is 0.223. The molecule has 2 nitrogen and oxygen atoms in total. The fraction of sp³-hybridized carbons (Fsp3) is 0.600. The van der Waals surface area contributed by atoms with Crippen molar-refractivity contribution in [1.29, 1.82) is 0 Å². The summed E-state index contributed by atoms with van der Waals surface area (Å²) < 4.78 is 0. The van der Waals surface area contributed by atoms with Gasteiger partial charge in [0, 0.05) is 12.2 Å². The fourth-order valence-electron chi connectivity index (χ4n) is 0.284. The van der Waals surface area contributed by atoms with E-state index < -0.39 is 0 Å². The Kier molecular flexibility index (Phi) is 6.46. The van der Waals surface area contributed by atoms with Crippen LogP contribution in [0.25, 0.3) is 0 Å². The number of hydrogen-bond acceptors (Lipinski definition) is 4. The van der Waals surface area contributed by atoms with Crippen LogP contribution in [0.3, 0.4) is 0 Å². The minimum atomic E-state index is 0.427. The van der Waals surface area contributed by atoms with E-state index in [1.54, 1.807) is 21.6 Å². The normalized spacial score (nSPS) is 9.11. The predicted octanol–water partition coefficient (Wildman–Crippen LogP) is 2.39. The molecule has 0 aliphatic rings. The highest BCUT2D eigenvalue weighted by Gasteiger charge is 1.92. The molecular formula is C5H10O2S2. The van der Waals surface area contributed by atoms with Crippen LogP contribution in [0.15, 0.2) is 12.3 Å². The third-order valence-electron chi connectivity index (χ3n) is 0.711. The van der Waals surface area contributed by atoms with Gasteiger partial charge in [-0.25, -0.2) is 5.26 Å². The van der Waals surface area contributed by atoms with Crippen LogP contribution >= 0.6 is 21.6 Å². The van der Waals surface area contributed by atoms with Crippen molar-refractivity contribution in [2.75, 3.05) is 12.0 Å². The van der Waals surface area contributed by atoms with Crippen LogP contribution in [0.5, 0.6) is 0 Å². The van der Waals surface area contributed by atoms with Crippen LogP contribution < -0.4 is 0 Å². The van der Waals surface area contributed by atoms with Crippen LogP contribution in [0.2, 0.25) is 0 Å². The molecule has 0 amide bonds. The van der Waals surface area contributed by atoms with Crippen molar-refractivity contribution in [2.45, 2.75) is 6.42 Å². The van der Waals surface area contributed by atoms with E-state index in [1.807, 2.05) is 6.26 Å². The van der Waals surface area contributed by atoms with Crippen molar-refractivity contribution >= 4 is 21.6 Å². The molecule has 0 heterocycles. The maximum absolute atomic E-state index is 8.02. The van der Waals surface area contributed by atoms with Crippen molar-refractivity contribution in [3.8, 4) is 0 Å². The highest BCUT2D eigenvalue weighted by Crippen LogP contribution is 2.19. The van der Waals surface area contributed by atoms with E-state index in [-0.39, 0.29) is 0 Å². The van der Waals surface area contributed by atoms with Crippen LogP contribution in [-0.4, -0.2) is 17.3 Å². The van der Waals surface area contributed by atoms with Crippen molar-refractivity contribution in [1.82, 2.24) is 0 Å². The van der Waals surface area contributed by atoms with Crippen LogP contribution in [0.1, 0.15) is 6.42 Å². The summed E-state index contributed by atoms with van der Waals surface area (Å²) in [5, 5.41) is 8.02. The Morgan fingerprint density at radius 3 is 2.89 bits per heavy atom. The lowest BCUT2D eigenvalue weighted by Crippen LogP contribution is -1.85. The molecule has 1 N–H and O–H groups in total. The second-order valence-electron chi connectivity index (χ2n) is 1.37.